The molecule has 0 N–H and O–H groups in total. The third-order valence-electron chi connectivity index (χ3n) is 10.7. The fraction of sp³-hybridized carbons (Fsp3) is 0. The summed E-state index contributed by atoms with van der Waals surface area (Å²) in [7, 11) is 0. The summed E-state index contributed by atoms with van der Waals surface area (Å²) in [6.07, 6.45) is 0. The van der Waals surface area contributed by atoms with Gasteiger partial charge in [0.15, 0.2) is 0 Å². The van der Waals surface area contributed by atoms with Crippen molar-refractivity contribution in [3.05, 3.63) is 224 Å². The lowest BCUT2D eigenvalue weighted by atomic mass is 9.94. The predicted octanol–water partition coefficient (Wildman–Crippen LogP) is 15.4. The number of benzene rings is 9. The van der Waals surface area contributed by atoms with Gasteiger partial charge in [0.1, 0.15) is 11.2 Å². The van der Waals surface area contributed by atoms with Crippen LogP contribution in [0.2, 0.25) is 0 Å². The molecule has 0 radical (unpaired) electrons. The minimum absolute atomic E-state index is 0.889. The van der Waals surface area contributed by atoms with Crippen LogP contribution in [0.4, 0.5) is 17.1 Å². The van der Waals surface area contributed by atoms with E-state index in [9.17, 15) is 0 Å². The summed E-state index contributed by atoms with van der Waals surface area (Å²) >= 11 is 0. The van der Waals surface area contributed by atoms with Crippen molar-refractivity contribution in [2.75, 3.05) is 4.90 Å². The third-order valence-corrected chi connectivity index (χ3v) is 10.7. The van der Waals surface area contributed by atoms with E-state index in [0.29, 0.717) is 0 Å². The van der Waals surface area contributed by atoms with E-state index in [1.54, 1.807) is 0 Å². The Bertz CT molecular complexity index is 2910. The van der Waals surface area contributed by atoms with Crippen LogP contribution in [0.15, 0.2) is 229 Å². The molecule has 1 heterocycles. The van der Waals surface area contributed by atoms with Crippen LogP contribution >= 0.6 is 0 Å². The van der Waals surface area contributed by atoms with E-state index < -0.39 is 0 Å². The van der Waals surface area contributed by atoms with E-state index in [0.717, 1.165) is 61.3 Å². The van der Waals surface area contributed by atoms with Crippen LogP contribution in [0.3, 0.4) is 0 Å². The summed E-state index contributed by atoms with van der Waals surface area (Å²) in [6.45, 7) is 0. The number of fused-ring (bicyclic) bond motifs is 3. The number of hydrogen-bond acceptors (Lipinski definition) is 2. The monoisotopic (exact) mass is 715 g/mol. The number of rotatable bonds is 8. The molecule has 10 aromatic rings. The highest BCUT2D eigenvalue weighted by Gasteiger charge is 2.19. The second-order valence-corrected chi connectivity index (χ2v) is 14.1. The molecule has 10 rings (SSSR count). The highest BCUT2D eigenvalue weighted by molar-refractivity contribution is 6.11. The molecule has 0 aliphatic rings. The summed E-state index contributed by atoms with van der Waals surface area (Å²) in [5, 5.41) is 2.23. The van der Waals surface area contributed by atoms with E-state index in [1.165, 1.54) is 33.4 Å². The summed E-state index contributed by atoms with van der Waals surface area (Å²) in [5.41, 5.74) is 16.7. The molecule has 0 fully saturated rings. The summed E-state index contributed by atoms with van der Waals surface area (Å²) in [5.74, 6) is 0. The molecule has 0 aliphatic heterocycles. The average molecular weight is 716 g/mol. The molecule has 9 aromatic carbocycles. The Balaban J connectivity index is 1.09. The highest BCUT2D eigenvalue weighted by atomic mass is 16.3. The van der Waals surface area contributed by atoms with Crippen molar-refractivity contribution in [1.29, 1.82) is 0 Å². The number of nitrogens with zero attached hydrogens (tertiary/aromatic N) is 1. The maximum absolute atomic E-state index is 6.62. The molecule has 2 nitrogen and oxygen atoms in total. The van der Waals surface area contributed by atoms with Crippen molar-refractivity contribution in [3.8, 4) is 55.6 Å². The molecule has 0 saturated heterocycles. The molecule has 264 valence electrons. The van der Waals surface area contributed by atoms with Crippen LogP contribution in [-0.4, -0.2) is 0 Å². The van der Waals surface area contributed by atoms with E-state index >= 15 is 0 Å². The summed E-state index contributed by atoms with van der Waals surface area (Å²) < 4.78 is 6.62. The second-order valence-electron chi connectivity index (χ2n) is 14.1. The number of anilines is 3. The van der Waals surface area contributed by atoms with Crippen molar-refractivity contribution in [1.82, 2.24) is 0 Å². The lowest BCUT2D eigenvalue weighted by Gasteiger charge is -2.28. The number of hydrogen-bond donors (Lipinski definition) is 0. The zero-order valence-corrected chi connectivity index (χ0v) is 30.7. The molecule has 56 heavy (non-hydrogen) atoms. The molecular weight excluding hydrogens is 679 g/mol. The first kappa shape index (κ1) is 33.2. The van der Waals surface area contributed by atoms with Crippen LogP contribution in [0, 0.1) is 0 Å². The fourth-order valence-electron chi connectivity index (χ4n) is 7.88. The smallest absolute Gasteiger partial charge is 0.143 e. The van der Waals surface area contributed by atoms with Gasteiger partial charge < -0.3 is 9.32 Å². The van der Waals surface area contributed by atoms with Gasteiger partial charge in [0.05, 0.1) is 5.69 Å². The van der Waals surface area contributed by atoms with Crippen LogP contribution in [-0.2, 0) is 0 Å². The Kier molecular flexibility index (Phi) is 8.55. The van der Waals surface area contributed by atoms with Crippen LogP contribution in [0.5, 0.6) is 0 Å². The Morgan fingerprint density at radius 3 is 1.32 bits per heavy atom. The first-order valence-corrected chi connectivity index (χ1v) is 19.1. The van der Waals surface area contributed by atoms with Crippen LogP contribution in [0.1, 0.15) is 0 Å². The first-order valence-electron chi connectivity index (χ1n) is 19.1. The van der Waals surface area contributed by atoms with Gasteiger partial charge in [-0.25, -0.2) is 0 Å². The minimum atomic E-state index is 0.889. The van der Waals surface area contributed by atoms with Crippen LogP contribution < -0.4 is 4.90 Å². The topological polar surface area (TPSA) is 16.4 Å². The molecular formula is C54H37NO. The molecule has 0 bridgehead atoms. The van der Waals surface area contributed by atoms with Gasteiger partial charge in [0.2, 0.25) is 0 Å². The van der Waals surface area contributed by atoms with E-state index in [4.69, 9.17) is 4.42 Å². The Morgan fingerprint density at radius 2 is 0.714 bits per heavy atom. The Morgan fingerprint density at radius 1 is 0.286 bits per heavy atom. The SMILES string of the molecule is c1ccc(-c2ccc(-c3cc(-c4ccc(N(c5ccc(-c6ccccc6)cc5)c5ccccc5-c5ccccc5)cc4)c4oc5ccccc5c4c3)cc2)cc1. The van der Waals surface area contributed by atoms with Crippen LogP contribution in [0.25, 0.3) is 77.6 Å². The Hall–Kier alpha value is -7.42. The molecule has 0 spiro atoms. The predicted molar refractivity (Wildman–Crippen MR) is 236 cm³/mol. The molecule has 1 aromatic heterocycles. The lowest BCUT2D eigenvalue weighted by Crippen LogP contribution is -2.11. The standard InChI is InChI=1S/C54H37NO/c1-4-14-38(15-5-1)40-24-26-42(27-25-40)45-36-50(54-51(37-45)49-21-11-13-23-53(49)56-54)44-30-34-47(35-31-44)55(46-32-28-41(29-33-46)39-16-6-2-7-17-39)52-22-12-10-20-48(52)43-18-8-3-9-19-43/h1-37H. The summed E-state index contributed by atoms with van der Waals surface area (Å²) in [6, 6.07) is 80.0. The number of furan rings is 1. The van der Waals surface area contributed by atoms with Crippen molar-refractivity contribution in [3.63, 3.8) is 0 Å². The van der Waals surface area contributed by atoms with Crippen molar-refractivity contribution < 1.29 is 4.42 Å². The third kappa shape index (κ3) is 6.24. The quantitative estimate of drug-likeness (QED) is 0.156. The van der Waals surface area contributed by atoms with Gasteiger partial charge >= 0.3 is 0 Å². The normalized spacial score (nSPS) is 11.2. The average Bonchev–Trinajstić information content (AvgIpc) is 3.67. The first-order chi connectivity index (χ1) is 27.8. The van der Waals surface area contributed by atoms with Gasteiger partial charge in [0, 0.05) is 33.3 Å². The second kappa shape index (κ2) is 14.4. The summed E-state index contributed by atoms with van der Waals surface area (Å²) in [4.78, 5) is 2.36. The van der Waals surface area contributed by atoms with Gasteiger partial charge in [0.25, 0.3) is 0 Å². The Labute approximate surface area is 327 Å². The zero-order chi connectivity index (χ0) is 37.3. The van der Waals surface area contributed by atoms with Gasteiger partial charge in [-0.15, -0.1) is 0 Å². The van der Waals surface area contributed by atoms with E-state index in [-0.39, 0.29) is 0 Å². The van der Waals surface area contributed by atoms with Crippen molar-refractivity contribution in [2.45, 2.75) is 0 Å². The van der Waals surface area contributed by atoms with Gasteiger partial charge in [-0.3, -0.25) is 0 Å². The van der Waals surface area contributed by atoms with Crippen molar-refractivity contribution in [2.24, 2.45) is 0 Å². The number of para-hydroxylation sites is 2. The largest absolute Gasteiger partial charge is 0.455 e. The zero-order valence-electron chi connectivity index (χ0n) is 30.7. The molecule has 0 saturated carbocycles. The molecule has 0 unspecified atom stereocenters. The molecule has 2 heteroatoms. The van der Waals surface area contributed by atoms with Gasteiger partial charge in [-0.2, -0.15) is 0 Å². The maximum Gasteiger partial charge on any atom is 0.143 e. The maximum atomic E-state index is 6.62. The van der Waals surface area contributed by atoms with Gasteiger partial charge in [-0.05, 0) is 93.0 Å². The minimum Gasteiger partial charge on any atom is -0.455 e. The molecule has 0 aliphatic carbocycles. The highest BCUT2D eigenvalue weighted by Crippen LogP contribution is 2.44. The molecule has 0 amide bonds. The van der Waals surface area contributed by atoms with Gasteiger partial charge in [-0.1, -0.05) is 176 Å². The lowest BCUT2D eigenvalue weighted by molar-refractivity contribution is 0.670. The van der Waals surface area contributed by atoms with E-state index in [2.05, 4.69) is 223 Å². The fourth-order valence-corrected chi connectivity index (χ4v) is 7.88. The van der Waals surface area contributed by atoms with Crippen molar-refractivity contribution >= 4 is 39.0 Å². The molecule has 0 atom stereocenters. The van der Waals surface area contributed by atoms with E-state index in [1.807, 2.05) is 6.07 Å².